The summed E-state index contributed by atoms with van der Waals surface area (Å²) in [4.78, 5) is 30.4. The fraction of sp³-hybridized carbons (Fsp3) is 0.417. The largest absolute Gasteiger partial charge is 0.465 e. The van der Waals surface area contributed by atoms with E-state index in [4.69, 9.17) is 10.5 Å². The molecule has 0 bridgehead atoms. The first-order chi connectivity index (χ1) is 15.0. The van der Waals surface area contributed by atoms with Crippen LogP contribution in [0.25, 0.3) is 0 Å². The number of hydrogen-bond acceptors (Lipinski definition) is 4. The molecule has 3 N–H and O–H groups in total. The summed E-state index contributed by atoms with van der Waals surface area (Å²) >= 11 is 0. The predicted molar refractivity (Wildman–Crippen MR) is 118 cm³/mol. The Morgan fingerprint density at radius 3 is 2.61 bits per heavy atom. The lowest BCUT2D eigenvalue weighted by molar-refractivity contribution is 0.0962. The number of carbonyl (C=O) groups is 2. The number of benzene rings is 1. The molecule has 31 heavy (non-hydrogen) atoms. The fourth-order valence-corrected chi connectivity index (χ4v) is 4.06. The molecule has 0 saturated heterocycles. The van der Waals surface area contributed by atoms with Gasteiger partial charge >= 0.3 is 6.09 Å². The van der Waals surface area contributed by atoms with E-state index < -0.39 is 6.09 Å². The molecular formula is C24H28N4O3. The number of unbranched alkanes of at least 4 members (excludes halogenated alkanes) is 1. The Kier molecular flexibility index (Phi) is 6.02. The van der Waals surface area contributed by atoms with Gasteiger partial charge in [-0.1, -0.05) is 50.1 Å². The molecule has 1 aromatic carbocycles. The monoisotopic (exact) mass is 420 g/mol. The van der Waals surface area contributed by atoms with Crippen molar-refractivity contribution in [3.63, 3.8) is 0 Å². The first-order valence-electron chi connectivity index (χ1n) is 10.9. The summed E-state index contributed by atoms with van der Waals surface area (Å²) in [6.45, 7) is 2.72. The average molecular weight is 421 g/mol. The number of Topliss-reactive ketones (excluding diaryl/α,β-unsaturated/α-hetero) is 1. The molecule has 1 unspecified atom stereocenters. The molecule has 2 heterocycles. The van der Waals surface area contributed by atoms with E-state index in [0.29, 0.717) is 29.6 Å². The maximum Gasteiger partial charge on any atom is 0.405 e. The van der Waals surface area contributed by atoms with E-state index in [2.05, 4.69) is 17.2 Å². The number of rotatable bonds is 9. The molecule has 1 fully saturated rings. The number of aromatic nitrogens is 1. The van der Waals surface area contributed by atoms with Gasteiger partial charge in [0, 0.05) is 29.3 Å². The third-order valence-electron chi connectivity index (χ3n) is 6.01. The van der Waals surface area contributed by atoms with E-state index in [0.717, 1.165) is 36.1 Å². The van der Waals surface area contributed by atoms with E-state index in [9.17, 15) is 9.59 Å². The van der Waals surface area contributed by atoms with Gasteiger partial charge in [-0.15, -0.1) is 0 Å². The Hall–Kier alpha value is -3.22. The van der Waals surface area contributed by atoms with E-state index in [1.807, 2.05) is 24.3 Å². The van der Waals surface area contributed by atoms with Crippen LogP contribution in [0, 0.1) is 5.41 Å². The zero-order valence-electron chi connectivity index (χ0n) is 17.7. The number of amides is 1. The molecule has 162 valence electrons. The number of hydrogen-bond donors (Lipinski definition) is 3. The average Bonchev–Trinajstić information content (AvgIpc) is 3.57. The summed E-state index contributed by atoms with van der Waals surface area (Å²) in [5, 5.41) is 20.1. The van der Waals surface area contributed by atoms with Crippen LogP contribution in [0.1, 0.15) is 83.9 Å². The first-order valence-corrected chi connectivity index (χ1v) is 10.9. The van der Waals surface area contributed by atoms with E-state index in [-0.39, 0.29) is 18.4 Å². The number of amidine groups is 1. The molecule has 1 saturated carbocycles. The lowest BCUT2D eigenvalue weighted by Crippen LogP contribution is -2.30. The van der Waals surface area contributed by atoms with Gasteiger partial charge in [-0.2, -0.15) is 0 Å². The molecule has 0 spiro atoms. The summed E-state index contributed by atoms with van der Waals surface area (Å²) in [7, 11) is 0. The first kappa shape index (κ1) is 21.0. The van der Waals surface area contributed by atoms with Gasteiger partial charge in [-0.3, -0.25) is 10.2 Å². The standard InChI is InChI=1S/C24H28N4O3/c1-2-3-4-19(27-24(30)31)15-7-9-17(10-8-15)21(29)14-28-13-18-11-12-20(16-5-6-16)26-22(18)23(28)25/h7-12,16,19,25,27H,2-6,13-14H2,1H3,(H,30,31). The van der Waals surface area contributed by atoms with E-state index in [1.165, 1.54) is 12.8 Å². The number of nitrogens with one attached hydrogen (secondary N) is 2. The van der Waals surface area contributed by atoms with Gasteiger partial charge in [0.15, 0.2) is 5.78 Å². The van der Waals surface area contributed by atoms with Crippen molar-refractivity contribution in [2.24, 2.45) is 0 Å². The number of fused-ring (bicyclic) bond motifs is 1. The Balaban J connectivity index is 1.41. The lowest BCUT2D eigenvalue weighted by Gasteiger charge is -2.18. The molecule has 7 heteroatoms. The minimum atomic E-state index is -1.05. The summed E-state index contributed by atoms with van der Waals surface area (Å²) < 4.78 is 0. The molecule has 4 rings (SSSR count). The van der Waals surface area contributed by atoms with Crippen molar-refractivity contribution in [2.45, 2.75) is 57.5 Å². The van der Waals surface area contributed by atoms with Crippen LogP contribution in [0.15, 0.2) is 36.4 Å². The molecule has 1 amide bonds. The van der Waals surface area contributed by atoms with Gasteiger partial charge in [0.25, 0.3) is 0 Å². The van der Waals surface area contributed by atoms with E-state index in [1.54, 1.807) is 17.0 Å². The highest BCUT2D eigenvalue weighted by molar-refractivity contribution is 6.04. The van der Waals surface area contributed by atoms with Crippen LogP contribution in [0.2, 0.25) is 0 Å². The summed E-state index contributed by atoms with van der Waals surface area (Å²) in [6, 6.07) is 10.9. The summed E-state index contributed by atoms with van der Waals surface area (Å²) in [5.74, 6) is 0.777. The minimum absolute atomic E-state index is 0.0668. The van der Waals surface area contributed by atoms with Crippen molar-refractivity contribution in [3.8, 4) is 0 Å². The summed E-state index contributed by atoms with van der Waals surface area (Å²) in [5.41, 5.74) is 4.16. The highest BCUT2D eigenvalue weighted by Crippen LogP contribution is 2.39. The number of nitrogens with zero attached hydrogens (tertiary/aromatic N) is 2. The van der Waals surface area contributed by atoms with Crippen LogP contribution < -0.4 is 5.32 Å². The van der Waals surface area contributed by atoms with Crippen LogP contribution in [-0.4, -0.2) is 39.2 Å². The van der Waals surface area contributed by atoms with Gasteiger partial charge in [-0.05, 0) is 30.9 Å². The summed E-state index contributed by atoms with van der Waals surface area (Å²) in [6.07, 6.45) is 3.90. The third-order valence-corrected chi connectivity index (χ3v) is 6.01. The van der Waals surface area contributed by atoms with Gasteiger partial charge in [0.2, 0.25) is 0 Å². The molecule has 1 aliphatic heterocycles. The highest BCUT2D eigenvalue weighted by Gasteiger charge is 2.31. The fourth-order valence-electron chi connectivity index (χ4n) is 4.06. The minimum Gasteiger partial charge on any atom is -0.465 e. The quantitative estimate of drug-likeness (QED) is 0.519. The maximum atomic E-state index is 12.8. The van der Waals surface area contributed by atoms with E-state index >= 15 is 0 Å². The molecule has 2 aliphatic rings. The van der Waals surface area contributed by atoms with Gasteiger partial charge in [0.1, 0.15) is 11.5 Å². The van der Waals surface area contributed by atoms with Crippen LogP contribution in [0.5, 0.6) is 0 Å². The van der Waals surface area contributed by atoms with Crippen molar-refractivity contribution >= 4 is 17.7 Å². The molecule has 2 aromatic rings. The molecule has 1 atom stereocenters. The number of ketones is 1. The molecule has 1 aromatic heterocycles. The predicted octanol–water partition coefficient (Wildman–Crippen LogP) is 4.48. The zero-order chi connectivity index (χ0) is 22.0. The van der Waals surface area contributed by atoms with Crippen molar-refractivity contribution < 1.29 is 14.7 Å². The Morgan fingerprint density at radius 2 is 1.97 bits per heavy atom. The zero-order valence-corrected chi connectivity index (χ0v) is 17.7. The Morgan fingerprint density at radius 1 is 1.23 bits per heavy atom. The van der Waals surface area contributed by atoms with Crippen LogP contribution in [0.4, 0.5) is 4.79 Å². The van der Waals surface area contributed by atoms with Crippen molar-refractivity contribution in [3.05, 3.63) is 64.5 Å². The van der Waals surface area contributed by atoms with Crippen molar-refractivity contribution in [2.75, 3.05) is 6.54 Å². The molecular weight excluding hydrogens is 392 g/mol. The number of carbonyl (C=O) groups excluding carboxylic acids is 1. The number of carboxylic acid groups (broad SMARTS) is 1. The van der Waals surface area contributed by atoms with Crippen molar-refractivity contribution in [1.82, 2.24) is 15.2 Å². The van der Waals surface area contributed by atoms with Gasteiger partial charge < -0.3 is 15.3 Å². The molecule has 1 aliphatic carbocycles. The Bertz CT molecular complexity index is 998. The topological polar surface area (TPSA) is 106 Å². The SMILES string of the molecule is CCCCC(NC(=O)O)c1ccc(C(=O)CN2Cc3ccc(C4CC4)nc3C2=N)cc1. The molecule has 7 nitrogen and oxygen atoms in total. The smallest absolute Gasteiger partial charge is 0.405 e. The normalized spacial score (nSPS) is 16.2. The lowest BCUT2D eigenvalue weighted by atomic mass is 9.99. The second-order valence-corrected chi connectivity index (χ2v) is 8.41. The number of pyridine rings is 1. The van der Waals surface area contributed by atoms with Gasteiger partial charge in [-0.25, -0.2) is 9.78 Å². The van der Waals surface area contributed by atoms with Crippen LogP contribution in [-0.2, 0) is 6.54 Å². The van der Waals surface area contributed by atoms with Gasteiger partial charge in [0.05, 0.1) is 12.6 Å². The Labute approximate surface area is 182 Å². The molecule has 0 radical (unpaired) electrons. The second kappa shape index (κ2) is 8.88. The van der Waals surface area contributed by atoms with Crippen molar-refractivity contribution in [1.29, 1.82) is 5.41 Å². The van der Waals surface area contributed by atoms with Crippen LogP contribution in [0.3, 0.4) is 0 Å². The highest BCUT2D eigenvalue weighted by atomic mass is 16.4. The third kappa shape index (κ3) is 4.76. The van der Waals surface area contributed by atoms with Crippen LogP contribution >= 0.6 is 0 Å². The maximum absolute atomic E-state index is 12.8. The second-order valence-electron chi connectivity index (χ2n) is 8.41.